The molecule has 0 radical (unpaired) electrons. The van der Waals surface area contributed by atoms with E-state index in [1.165, 1.54) is 7.11 Å². The van der Waals surface area contributed by atoms with Crippen LogP contribution in [0.3, 0.4) is 0 Å². The largest absolute Gasteiger partial charge is 0.469 e. The minimum Gasteiger partial charge on any atom is -0.469 e. The van der Waals surface area contributed by atoms with Crippen LogP contribution in [0.15, 0.2) is 12.2 Å². The zero-order chi connectivity index (χ0) is 16.3. The highest BCUT2D eigenvalue weighted by Gasteiger charge is 2.34. The smallest absolute Gasteiger partial charge is 0.407 e. The van der Waals surface area contributed by atoms with E-state index < -0.39 is 17.5 Å². The second-order valence-corrected chi connectivity index (χ2v) is 4.95. The third-order valence-corrected chi connectivity index (χ3v) is 2.82. The minimum atomic E-state index is -0.840. The van der Waals surface area contributed by atoms with Crippen LogP contribution >= 0.6 is 0 Å². The second-order valence-electron chi connectivity index (χ2n) is 4.95. The van der Waals surface area contributed by atoms with E-state index in [2.05, 4.69) is 16.6 Å². The van der Waals surface area contributed by atoms with Crippen LogP contribution in [0.2, 0.25) is 0 Å². The number of hydrogen-bond acceptors (Lipinski definition) is 6. The van der Waals surface area contributed by atoms with Crippen LogP contribution in [0, 0.1) is 5.41 Å². The predicted octanol–water partition coefficient (Wildman–Crippen LogP) is 1.83. The van der Waals surface area contributed by atoms with Crippen molar-refractivity contribution in [2.75, 3.05) is 33.5 Å². The summed E-state index contributed by atoms with van der Waals surface area (Å²) in [6.45, 7) is 9.64. The van der Waals surface area contributed by atoms with Gasteiger partial charge in [0.15, 0.2) is 0 Å². The summed E-state index contributed by atoms with van der Waals surface area (Å²) in [5.41, 5.74) is -0.00303. The van der Waals surface area contributed by atoms with E-state index in [0.29, 0.717) is 13.0 Å². The molecule has 0 spiro atoms. The first-order valence-electron chi connectivity index (χ1n) is 6.73. The molecule has 0 aliphatic carbocycles. The molecule has 1 N–H and O–H groups in total. The lowest BCUT2D eigenvalue weighted by Gasteiger charge is -2.24. The van der Waals surface area contributed by atoms with Gasteiger partial charge in [0.1, 0.15) is 13.2 Å². The van der Waals surface area contributed by atoms with Crippen LogP contribution in [0.4, 0.5) is 4.79 Å². The maximum atomic E-state index is 11.6. The normalized spacial score (nSPS) is 13.1. The number of alkyl carbamates (subject to hydrolysis) is 1. The Bertz CT molecular complexity index is 357. The predicted molar refractivity (Wildman–Crippen MR) is 76.5 cm³/mol. The zero-order valence-corrected chi connectivity index (χ0v) is 13.2. The molecule has 0 saturated heterocycles. The van der Waals surface area contributed by atoms with Crippen LogP contribution < -0.4 is 5.32 Å². The average Bonchev–Trinajstić information content (AvgIpc) is 2.47. The Hall–Kier alpha value is -1.60. The topological polar surface area (TPSA) is 83.1 Å². The molecule has 1 unspecified atom stereocenters. The van der Waals surface area contributed by atoms with Crippen LogP contribution in [-0.2, 0) is 24.0 Å². The van der Waals surface area contributed by atoms with E-state index in [4.69, 9.17) is 14.5 Å². The fourth-order valence-corrected chi connectivity index (χ4v) is 1.22. The van der Waals surface area contributed by atoms with Crippen molar-refractivity contribution in [1.29, 1.82) is 0 Å². The summed E-state index contributed by atoms with van der Waals surface area (Å²) in [7, 11) is 1.30. The first kappa shape index (κ1) is 19.4. The van der Waals surface area contributed by atoms with Gasteiger partial charge in [0.05, 0.1) is 19.1 Å². The van der Waals surface area contributed by atoms with Gasteiger partial charge in [-0.05, 0) is 20.3 Å². The Morgan fingerprint density at radius 3 is 2.48 bits per heavy atom. The summed E-state index contributed by atoms with van der Waals surface area (Å²) in [4.78, 5) is 32.7. The molecular formula is C14H25NO6. The van der Waals surface area contributed by atoms with Crippen LogP contribution in [0.25, 0.3) is 0 Å². The molecule has 0 aromatic carbocycles. The number of rotatable bonds is 10. The number of ether oxygens (including phenoxy) is 2. The SMILES string of the molecule is C=C(C)COOCCNC(=O)OCC(C)(CC)C(=O)OC. The summed E-state index contributed by atoms with van der Waals surface area (Å²) in [5, 5.41) is 2.48. The van der Waals surface area contributed by atoms with E-state index >= 15 is 0 Å². The van der Waals surface area contributed by atoms with Gasteiger partial charge < -0.3 is 14.8 Å². The van der Waals surface area contributed by atoms with Crippen LogP contribution in [0.1, 0.15) is 27.2 Å². The van der Waals surface area contributed by atoms with Gasteiger partial charge in [-0.3, -0.25) is 4.79 Å². The molecule has 0 aliphatic heterocycles. The minimum absolute atomic E-state index is 0.0466. The molecule has 0 bridgehead atoms. The van der Waals surface area contributed by atoms with Gasteiger partial charge in [0, 0.05) is 6.54 Å². The Kier molecular flexibility index (Phi) is 9.40. The van der Waals surface area contributed by atoms with Gasteiger partial charge in [-0.25, -0.2) is 14.6 Å². The number of esters is 1. The van der Waals surface area contributed by atoms with Gasteiger partial charge >= 0.3 is 12.1 Å². The van der Waals surface area contributed by atoms with E-state index in [1.807, 2.05) is 13.8 Å². The third-order valence-electron chi connectivity index (χ3n) is 2.82. The molecule has 0 heterocycles. The highest BCUT2D eigenvalue weighted by Crippen LogP contribution is 2.23. The molecule has 1 atom stereocenters. The summed E-state index contributed by atoms with van der Waals surface area (Å²) in [6.07, 6.45) is -0.118. The Labute approximate surface area is 125 Å². The second kappa shape index (κ2) is 10.2. The summed E-state index contributed by atoms with van der Waals surface area (Å²) in [5.74, 6) is -0.408. The lowest BCUT2D eigenvalue weighted by molar-refractivity contribution is -0.286. The summed E-state index contributed by atoms with van der Waals surface area (Å²) in [6, 6.07) is 0. The van der Waals surface area contributed by atoms with Crippen molar-refractivity contribution in [3.05, 3.63) is 12.2 Å². The fourth-order valence-electron chi connectivity index (χ4n) is 1.22. The van der Waals surface area contributed by atoms with Gasteiger partial charge in [-0.1, -0.05) is 19.1 Å². The molecule has 0 rings (SSSR count). The van der Waals surface area contributed by atoms with Crippen molar-refractivity contribution >= 4 is 12.1 Å². The quantitative estimate of drug-likeness (QED) is 0.218. The lowest BCUT2D eigenvalue weighted by Crippen LogP contribution is -2.37. The molecule has 21 heavy (non-hydrogen) atoms. The Morgan fingerprint density at radius 2 is 1.95 bits per heavy atom. The molecule has 0 aromatic rings. The number of amides is 1. The maximum absolute atomic E-state index is 11.6. The number of carbonyl (C=O) groups excluding carboxylic acids is 2. The van der Waals surface area contributed by atoms with E-state index in [1.54, 1.807) is 6.92 Å². The average molecular weight is 303 g/mol. The highest BCUT2D eigenvalue weighted by molar-refractivity contribution is 5.77. The molecule has 7 heteroatoms. The van der Waals surface area contributed by atoms with Gasteiger partial charge in [0.25, 0.3) is 0 Å². The molecular weight excluding hydrogens is 278 g/mol. The first-order valence-corrected chi connectivity index (χ1v) is 6.73. The highest BCUT2D eigenvalue weighted by atomic mass is 17.2. The van der Waals surface area contributed by atoms with Crippen LogP contribution in [-0.4, -0.2) is 45.5 Å². The standard InChI is InChI=1S/C14H25NO6/c1-6-14(4,12(16)18-5)10-19-13(17)15-7-8-20-21-9-11(2)3/h2,6-10H2,1,3-5H3,(H,15,17). The summed E-state index contributed by atoms with van der Waals surface area (Å²) < 4.78 is 9.69. The number of hydrogen-bond donors (Lipinski definition) is 1. The van der Waals surface area contributed by atoms with Gasteiger partial charge in [0.2, 0.25) is 0 Å². The van der Waals surface area contributed by atoms with Crippen molar-refractivity contribution in [2.45, 2.75) is 27.2 Å². The van der Waals surface area contributed by atoms with E-state index in [9.17, 15) is 9.59 Å². The molecule has 0 aromatic heterocycles. The molecule has 7 nitrogen and oxygen atoms in total. The van der Waals surface area contributed by atoms with Crippen LogP contribution in [0.5, 0.6) is 0 Å². The van der Waals surface area contributed by atoms with Crippen molar-refractivity contribution in [3.63, 3.8) is 0 Å². The number of methoxy groups -OCH3 is 1. The first-order chi connectivity index (χ1) is 9.85. The van der Waals surface area contributed by atoms with E-state index in [-0.39, 0.29) is 19.8 Å². The molecule has 0 aliphatic rings. The Balaban J connectivity index is 3.84. The monoisotopic (exact) mass is 303 g/mol. The molecule has 0 saturated carbocycles. The van der Waals surface area contributed by atoms with Gasteiger partial charge in [-0.2, -0.15) is 0 Å². The summed E-state index contributed by atoms with van der Waals surface area (Å²) >= 11 is 0. The third kappa shape index (κ3) is 8.31. The molecule has 0 fully saturated rings. The van der Waals surface area contributed by atoms with Gasteiger partial charge in [-0.15, -0.1) is 0 Å². The number of nitrogens with one attached hydrogen (secondary N) is 1. The zero-order valence-electron chi connectivity index (χ0n) is 13.2. The van der Waals surface area contributed by atoms with Crippen molar-refractivity contribution < 1.29 is 28.8 Å². The molecule has 1 amide bonds. The number of carbonyl (C=O) groups is 2. The maximum Gasteiger partial charge on any atom is 0.407 e. The fraction of sp³-hybridized carbons (Fsp3) is 0.714. The van der Waals surface area contributed by atoms with Crippen molar-refractivity contribution in [2.24, 2.45) is 5.41 Å². The van der Waals surface area contributed by atoms with Crippen molar-refractivity contribution in [3.8, 4) is 0 Å². The van der Waals surface area contributed by atoms with E-state index in [0.717, 1.165) is 5.57 Å². The molecule has 122 valence electrons. The lowest BCUT2D eigenvalue weighted by atomic mass is 9.89. The Morgan fingerprint density at radius 1 is 1.29 bits per heavy atom. The van der Waals surface area contributed by atoms with Crippen molar-refractivity contribution in [1.82, 2.24) is 5.32 Å².